The number of aliphatic carboxylic acids is 1. The second kappa shape index (κ2) is 4.35. The fraction of sp³-hybridized carbons (Fsp3) is 0.200. The molecule has 5 heteroatoms. The predicted molar refractivity (Wildman–Crippen MR) is 30.6 cm³/mol. The Hall–Kier alpha value is -1.54. The maximum Gasteiger partial charge on any atom is 0.332 e. The molecule has 2 N–H and O–H groups in total. The first-order chi connectivity index (χ1) is 4.66. The van der Waals surface area contributed by atoms with Crippen LogP contribution in [0.15, 0.2) is 0 Å². The molecule has 0 atom stereocenters. The van der Waals surface area contributed by atoms with E-state index < -0.39 is 18.5 Å². The SMILES string of the molecule is C#CC(=O)NOCC(=O)O. The number of carbonyl (C=O) groups excluding carboxylic acids is 1. The van der Waals surface area contributed by atoms with Gasteiger partial charge in [0.05, 0.1) is 0 Å². The second-order valence-electron chi connectivity index (χ2n) is 1.26. The Morgan fingerprint density at radius 1 is 1.70 bits per heavy atom. The summed E-state index contributed by atoms with van der Waals surface area (Å²) in [4.78, 5) is 24.0. The van der Waals surface area contributed by atoms with Crippen LogP contribution in [0.4, 0.5) is 0 Å². The van der Waals surface area contributed by atoms with E-state index in [9.17, 15) is 9.59 Å². The first-order valence-corrected chi connectivity index (χ1v) is 2.27. The lowest BCUT2D eigenvalue weighted by Gasteiger charge is -1.96. The zero-order valence-corrected chi connectivity index (χ0v) is 4.96. The quantitative estimate of drug-likeness (QED) is 0.382. The number of hydroxylamine groups is 1. The number of hydrogen-bond donors (Lipinski definition) is 2. The van der Waals surface area contributed by atoms with Crippen molar-refractivity contribution >= 4 is 11.9 Å². The average Bonchev–Trinajstić information content (AvgIpc) is 1.87. The molecular formula is C5H5NO4. The van der Waals surface area contributed by atoms with Gasteiger partial charge in [-0.05, 0) is 5.92 Å². The number of carbonyl (C=O) groups is 2. The van der Waals surface area contributed by atoms with E-state index in [2.05, 4.69) is 11.3 Å². The van der Waals surface area contributed by atoms with Gasteiger partial charge in [-0.25, -0.2) is 10.3 Å². The van der Waals surface area contributed by atoms with Crippen LogP contribution in [0.3, 0.4) is 0 Å². The number of rotatable bonds is 3. The molecule has 0 spiro atoms. The number of carboxylic acid groups (broad SMARTS) is 1. The summed E-state index contributed by atoms with van der Waals surface area (Å²) in [5.41, 5.74) is 1.71. The summed E-state index contributed by atoms with van der Waals surface area (Å²) in [6.45, 7) is -0.604. The predicted octanol–water partition coefficient (Wildman–Crippen LogP) is -1.25. The topological polar surface area (TPSA) is 75.6 Å². The molecule has 5 nitrogen and oxygen atoms in total. The van der Waals surface area contributed by atoms with Crippen molar-refractivity contribution in [3.8, 4) is 12.3 Å². The highest BCUT2D eigenvalue weighted by molar-refractivity contribution is 5.92. The summed E-state index contributed by atoms with van der Waals surface area (Å²) in [6.07, 6.45) is 4.60. The first-order valence-electron chi connectivity index (χ1n) is 2.27. The van der Waals surface area contributed by atoms with Crippen molar-refractivity contribution in [1.82, 2.24) is 5.48 Å². The van der Waals surface area contributed by atoms with Gasteiger partial charge in [-0.1, -0.05) is 0 Å². The van der Waals surface area contributed by atoms with Gasteiger partial charge in [0.1, 0.15) is 0 Å². The zero-order chi connectivity index (χ0) is 7.98. The van der Waals surface area contributed by atoms with Crippen LogP contribution >= 0.6 is 0 Å². The van der Waals surface area contributed by atoms with E-state index in [1.165, 1.54) is 0 Å². The Kier molecular flexibility index (Phi) is 3.68. The summed E-state index contributed by atoms with van der Waals surface area (Å²) in [5, 5.41) is 7.97. The third-order valence-corrected chi connectivity index (χ3v) is 0.492. The molecule has 10 heavy (non-hydrogen) atoms. The number of terminal acetylenes is 1. The smallest absolute Gasteiger partial charge is 0.332 e. The maximum atomic E-state index is 10.1. The molecule has 0 aromatic rings. The van der Waals surface area contributed by atoms with E-state index >= 15 is 0 Å². The third-order valence-electron chi connectivity index (χ3n) is 0.492. The molecule has 0 unspecified atom stereocenters. The highest BCUT2D eigenvalue weighted by Crippen LogP contribution is 1.67. The molecule has 0 saturated carbocycles. The summed E-state index contributed by atoms with van der Waals surface area (Å²) in [5.74, 6) is -0.317. The molecular weight excluding hydrogens is 138 g/mol. The van der Waals surface area contributed by atoms with Crippen LogP contribution in [-0.2, 0) is 14.4 Å². The van der Waals surface area contributed by atoms with Gasteiger partial charge in [-0.3, -0.25) is 9.63 Å². The Morgan fingerprint density at radius 3 is 2.70 bits per heavy atom. The van der Waals surface area contributed by atoms with E-state index in [4.69, 9.17) is 5.11 Å². The molecule has 0 aromatic carbocycles. The molecule has 0 aliphatic heterocycles. The monoisotopic (exact) mass is 143 g/mol. The van der Waals surface area contributed by atoms with Crippen molar-refractivity contribution in [2.75, 3.05) is 6.61 Å². The van der Waals surface area contributed by atoms with E-state index in [0.29, 0.717) is 0 Å². The fourth-order valence-corrected chi connectivity index (χ4v) is 0.193. The van der Waals surface area contributed by atoms with Crippen LogP contribution in [0.25, 0.3) is 0 Å². The van der Waals surface area contributed by atoms with Crippen molar-refractivity contribution in [2.45, 2.75) is 0 Å². The van der Waals surface area contributed by atoms with Crippen LogP contribution < -0.4 is 5.48 Å². The standard InChI is InChI=1S/C5H5NO4/c1-2-4(7)6-10-3-5(8)9/h1H,3H2,(H,6,7)(H,8,9). The maximum absolute atomic E-state index is 10.1. The highest BCUT2D eigenvalue weighted by Gasteiger charge is 1.97. The van der Waals surface area contributed by atoms with Gasteiger partial charge in [0.2, 0.25) is 0 Å². The van der Waals surface area contributed by atoms with Gasteiger partial charge in [0.25, 0.3) is 0 Å². The normalized spacial score (nSPS) is 7.90. The number of carboxylic acids is 1. The number of nitrogens with one attached hydrogen (secondary N) is 1. The van der Waals surface area contributed by atoms with Crippen molar-refractivity contribution < 1.29 is 19.5 Å². The van der Waals surface area contributed by atoms with Crippen molar-refractivity contribution in [2.24, 2.45) is 0 Å². The molecule has 0 bridgehead atoms. The van der Waals surface area contributed by atoms with Gasteiger partial charge in [0, 0.05) is 0 Å². The number of hydrogen-bond acceptors (Lipinski definition) is 3. The van der Waals surface area contributed by atoms with Gasteiger partial charge >= 0.3 is 11.9 Å². The van der Waals surface area contributed by atoms with Crippen LogP contribution in [0.2, 0.25) is 0 Å². The third kappa shape index (κ3) is 4.61. The van der Waals surface area contributed by atoms with Crippen LogP contribution in [0.5, 0.6) is 0 Å². The van der Waals surface area contributed by atoms with Crippen LogP contribution in [0, 0.1) is 12.3 Å². The molecule has 0 radical (unpaired) electrons. The van der Waals surface area contributed by atoms with E-state index in [0.717, 1.165) is 0 Å². The van der Waals surface area contributed by atoms with Gasteiger partial charge in [-0.15, -0.1) is 6.42 Å². The van der Waals surface area contributed by atoms with E-state index in [1.807, 2.05) is 0 Å². The molecule has 0 heterocycles. The minimum Gasteiger partial charge on any atom is -0.479 e. The molecule has 0 rings (SSSR count). The largest absolute Gasteiger partial charge is 0.479 e. The Balaban J connectivity index is 3.31. The summed E-state index contributed by atoms with van der Waals surface area (Å²) in [6, 6.07) is 0. The zero-order valence-electron chi connectivity index (χ0n) is 4.96. The van der Waals surface area contributed by atoms with Crippen molar-refractivity contribution in [3.05, 3.63) is 0 Å². The second-order valence-corrected chi connectivity index (χ2v) is 1.26. The fourth-order valence-electron chi connectivity index (χ4n) is 0.193. The van der Waals surface area contributed by atoms with Crippen LogP contribution in [-0.4, -0.2) is 23.6 Å². The molecule has 54 valence electrons. The summed E-state index contributed by atoms with van der Waals surface area (Å²) < 4.78 is 0. The van der Waals surface area contributed by atoms with Crippen LogP contribution in [0.1, 0.15) is 0 Å². The minimum absolute atomic E-state index is 0.604. The lowest BCUT2D eigenvalue weighted by atomic mass is 10.7. The minimum atomic E-state index is -1.18. The molecule has 0 fully saturated rings. The van der Waals surface area contributed by atoms with Gasteiger partial charge < -0.3 is 5.11 Å². The Morgan fingerprint density at radius 2 is 2.30 bits per heavy atom. The average molecular weight is 143 g/mol. The molecule has 1 amide bonds. The lowest BCUT2D eigenvalue weighted by molar-refractivity contribution is -0.147. The van der Waals surface area contributed by atoms with E-state index in [1.54, 1.807) is 11.4 Å². The number of amides is 1. The van der Waals surface area contributed by atoms with Crippen molar-refractivity contribution in [3.63, 3.8) is 0 Å². The van der Waals surface area contributed by atoms with Gasteiger partial charge in [-0.2, -0.15) is 0 Å². The van der Waals surface area contributed by atoms with E-state index in [-0.39, 0.29) is 0 Å². The summed E-state index contributed by atoms with van der Waals surface area (Å²) >= 11 is 0. The first kappa shape index (κ1) is 8.46. The summed E-state index contributed by atoms with van der Waals surface area (Å²) in [7, 11) is 0. The molecule has 0 aromatic heterocycles. The highest BCUT2D eigenvalue weighted by atomic mass is 16.7. The Labute approximate surface area is 56.9 Å². The Bertz CT molecular complexity index is 181. The molecule has 0 aliphatic rings. The molecule has 0 aliphatic carbocycles. The molecule has 0 saturated heterocycles. The van der Waals surface area contributed by atoms with Gasteiger partial charge in [0.15, 0.2) is 6.61 Å². The lowest BCUT2D eigenvalue weighted by Crippen LogP contribution is -2.24. The van der Waals surface area contributed by atoms with Crippen molar-refractivity contribution in [1.29, 1.82) is 0 Å².